The zero-order valence-electron chi connectivity index (χ0n) is 22.8. The van der Waals surface area contributed by atoms with Crippen molar-refractivity contribution in [3.8, 4) is 0 Å². The predicted octanol–water partition coefficient (Wildman–Crippen LogP) is -8.90. The first kappa shape index (κ1) is 34.1. The van der Waals surface area contributed by atoms with E-state index in [2.05, 4.69) is 0 Å². The molecule has 0 bridgehead atoms. The van der Waals surface area contributed by atoms with Crippen LogP contribution < -0.4 is 34.4 Å². The van der Waals surface area contributed by atoms with Gasteiger partial charge in [0, 0.05) is 25.2 Å². The van der Waals surface area contributed by atoms with E-state index in [-0.39, 0.29) is 19.5 Å². The van der Waals surface area contributed by atoms with E-state index in [1.54, 1.807) is 0 Å². The highest BCUT2D eigenvalue weighted by atomic mass is 16.8. The van der Waals surface area contributed by atoms with Crippen LogP contribution >= 0.6 is 0 Å². The first-order chi connectivity index (χ1) is 19.8. The van der Waals surface area contributed by atoms with Gasteiger partial charge in [-0.3, -0.25) is 0 Å². The van der Waals surface area contributed by atoms with Crippen molar-refractivity contribution in [2.75, 3.05) is 19.7 Å². The smallest absolute Gasteiger partial charge is 0.187 e. The minimum absolute atomic E-state index is 0.0889. The maximum atomic E-state index is 11.1. The van der Waals surface area contributed by atoms with Crippen molar-refractivity contribution in [1.82, 2.24) is 0 Å². The van der Waals surface area contributed by atoms with Crippen molar-refractivity contribution in [2.24, 2.45) is 34.4 Å². The molecule has 246 valence electrons. The van der Waals surface area contributed by atoms with Gasteiger partial charge in [0.15, 0.2) is 18.9 Å². The van der Waals surface area contributed by atoms with Crippen LogP contribution in [0.3, 0.4) is 0 Å². The molecule has 3 aliphatic heterocycles. The van der Waals surface area contributed by atoms with Gasteiger partial charge >= 0.3 is 0 Å². The Morgan fingerprint density at radius 2 is 0.976 bits per heavy atom. The van der Waals surface area contributed by atoms with E-state index in [1.165, 1.54) is 0 Å². The standard InChI is InChI=1S/C23H46N6O13/c24-2-7-13(32)15(34)10(28)21(37-7)40-18-6(27)1-5(26)12(31)20(18)42-23-17(36)19(9(4-30)39-23)41-22-11(29)16(35)14(33)8(3-25)38-22/h5-23,30-36H,1-4,24-29H2/t5-,6+,7-,8+,9-,10-,11-,12+,13-,14+,15-,16-,17-,18+,19-,20-,21+,22+,23+/m1/s1. The van der Waals surface area contributed by atoms with Crippen LogP contribution in [0.4, 0.5) is 0 Å². The maximum Gasteiger partial charge on any atom is 0.187 e. The summed E-state index contributed by atoms with van der Waals surface area (Å²) in [5, 5.41) is 73.0. The molecule has 0 unspecified atom stereocenters. The van der Waals surface area contributed by atoms with Gasteiger partial charge in [-0.2, -0.15) is 0 Å². The number of rotatable bonds is 9. The van der Waals surface area contributed by atoms with Gasteiger partial charge in [0.05, 0.1) is 24.8 Å². The maximum absolute atomic E-state index is 11.1. The quantitative estimate of drug-likeness (QED) is 0.115. The molecule has 1 aliphatic carbocycles. The van der Waals surface area contributed by atoms with E-state index >= 15 is 0 Å². The Bertz CT molecular complexity index is 868. The van der Waals surface area contributed by atoms with E-state index in [9.17, 15) is 35.7 Å². The minimum Gasteiger partial charge on any atom is -0.394 e. The molecule has 19 N–H and O–H groups in total. The summed E-state index contributed by atoms with van der Waals surface area (Å²) in [5.74, 6) is 0. The van der Waals surface area contributed by atoms with Crippen LogP contribution in [0.15, 0.2) is 0 Å². The lowest BCUT2D eigenvalue weighted by atomic mass is 9.84. The average molecular weight is 615 g/mol. The SMILES string of the molecule is NC[C@@H]1O[C@@H](O[C@H]2[C@@H](O)[C@H](O[C@@H]3[C@@H](O)[C@H](N)C[C@H](N)[C@@H]3O[C@@H]3O[C@H](CN)[C@@H](O)[C@H](O)[C@H]3N)O[C@@H]2CO)[C@H](N)[C@@H](O)[C@H]1O. The molecule has 4 fully saturated rings. The molecule has 19 nitrogen and oxygen atoms in total. The topological polar surface area (TPSA) is 353 Å². The molecular formula is C23H46N6O13. The van der Waals surface area contributed by atoms with Gasteiger partial charge in [-0.15, -0.1) is 0 Å². The summed E-state index contributed by atoms with van der Waals surface area (Å²) in [6.07, 6.45) is -19.8. The van der Waals surface area contributed by atoms with Crippen molar-refractivity contribution >= 4 is 0 Å². The molecule has 0 spiro atoms. The molecule has 1 saturated carbocycles. The van der Waals surface area contributed by atoms with E-state index in [1.807, 2.05) is 0 Å². The summed E-state index contributed by atoms with van der Waals surface area (Å²) >= 11 is 0. The zero-order valence-corrected chi connectivity index (χ0v) is 22.8. The third-order valence-electron chi connectivity index (χ3n) is 8.37. The second-order valence-corrected chi connectivity index (χ2v) is 11.2. The van der Waals surface area contributed by atoms with Crippen LogP contribution in [0.25, 0.3) is 0 Å². The second-order valence-electron chi connectivity index (χ2n) is 11.2. The summed E-state index contributed by atoms with van der Waals surface area (Å²) in [6.45, 7) is -0.967. The fourth-order valence-corrected chi connectivity index (χ4v) is 5.74. The average Bonchev–Trinajstić information content (AvgIpc) is 3.27. The fraction of sp³-hybridized carbons (Fsp3) is 1.00. The van der Waals surface area contributed by atoms with E-state index in [0.29, 0.717) is 0 Å². The Kier molecular flexibility index (Phi) is 11.5. The molecule has 4 aliphatic rings. The van der Waals surface area contributed by atoms with Crippen molar-refractivity contribution in [3.05, 3.63) is 0 Å². The van der Waals surface area contributed by atoms with Crippen LogP contribution in [-0.4, -0.2) is 172 Å². The third kappa shape index (κ3) is 6.60. The molecule has 0 aromatic heterocycles. The predicted molar refractivity (Wildman–Crippen MR) is 138 cm³/mol. The van der Waals surface area contributed by atoms with Gasteiger partial charge in [-0.05, 0) is 6.42 Å². The van der Waals surface area contributed by atoms with Crippen molar-refractivity contribution in [3.63, 3.8) is 0 Å². The Labute approximate surface area is 241 Å². The fourth-order valence-electron chi connectivity index (χ4n) is 5.74. The molecule has 3 saturated heterocycles. The molecule has 0 radical (unpaired) electrons. The number of hydrogen-bond acceptors (Lipinski definition) is 19. The first-order valence-corrected chi connectivity index (χ1v) is 13.9. The van der Waals surface area contributed by atoms with Gasteiger partial charge in [-0.1, -0.05) is 0 Å². The highest BCUT2D eigenvalue weighted by Crippen LogP contribution is 2.34. The lowest BCUT2D eigenvalue weighted by molar-refractivity contribution is -0.306. The van der Waals surface area contributed by atoms with Gasteiger partial charge in [-0.25, -0.2) is 0 Å². The number of hydrogen-bond donors (Lipinski definition) is 13. The van der Waals surface area contributed by atoms with Crippen LogP contribution in [0.5, 0.6) is 0 Å². The summed E-state index contributed by atoms with van der Waals surface area (Å²) < 4.78 is 34.6. The zero-order chi connectivity index (χ0) is 31.0. The van der Waals surface area contributed by atoms with Crippen LogP contribution in [-0.2, 0) is 28.4 Å². The number of nitrogens with two attached hydrogens (primary N) is 6. The normalized spacial score (nSPS) is 53.8. The summed E-state index contributed by atoms with van der Waals surface area (Å²) in [4.78, 5) is 0. The van der Waals surface area contributed by atoms with E-state index in [4.69, 9.17) is 62.8 Å². The third-order valence-corrected chi connectivity index (χ3v) is 8.37. The lowest BCUT2D eigenvalue weighted by Gasteiger charge is -2.47. The minimum atomic E-state index is -1.60. The van der Waals surface area contributed by atoms with Crippen molar-refractivity contribution in [2.45, 2.75) is 123 Å². The number of ether oxygens (including phenoxy) is 6. The molecule has 4 rings (SSSR count). The second kappa shape index (κ2) is 14.1. The van der Waals surface area contributed by atoms with Gasteiger partial charge < -0.3 is 98.6 Å². The molecule has 0 aromatic rings. The summed E-state index contributed by atoms with van der Waals surface area (Å²) in [5.41, 5.74) is 35.6. The Balaban J connectivity index is 1.50. The highest BCUT2D eigenvalue weighted by Gasteiger charge is 2.54. The van der Waals surface area contributed by atoms with Gasteiger partial charge in [0.1, 0.15) is 67.1 Å². The van der Waals surface area contributed by atoms with E-state index in [0.717, 1.165) is 0 Å². The van der Waals surface area contributed by atoms with Gasteiger partial charge in [0.2, 0.25) is 0 Å². The highest BCUT2D eigenvalue weighted by molar-refractivity contribution is 5.02. The number of aliphatic hydroxyl groups is 7. The van der Waals surface area contributed by atoms with Gasteiger partial charge in [0.25, 0.3) is 0 Å². The molecule has 0 aromatic carbocycles. The molecule has 42 heavy (non-hydrogen) atoms. The molecule has 0 amide bonds. The van der Waals surface area contributed by atoms with Crippen molar-refractivity contribution in [1.29, 1.82) is 0 Å². The summed E-state index contributed by atoms with van der Waals surface area (Å²) in [7, 11) is 0. The van der Waals surface area contributed by atoms with Crippen LogP contribution in [0.2, 0.25) is 0 Å². The summed E-state index contributed by atoms with van der Waals surface area (Å²) in [6, 6.07) is -4.18. The lowest BCUT2D eigenvalue weighted by Crippen LogP contribution is -2.68. The molecular weight excluding hydrogens is 568 g/mol. The Morgan fingerprint density at radius 3 is 1.45 bits per heavy atom. The van der Waals surface area contributed by atoms with E-state index < -0.39 is 123 Å². The molecule has 19 heteroatoms. The van der Waals surface area contributed by atoms with Crippen molar-refractivity contribution < 1.29 is 64.2 Å². The van der Waals surface area contributed by atoms with Crippen LogP contribution in [0, 0.1) is 0 Å². The van der Waals surface area contributed by atoms with Crippen LogP contribution in [0.1, 0.15) is 6.42 Å². The largest absolute Gasteiger partial charge is 0.394 e. The first-order valence-electron chi connectivity index (χ1n) is 13.9. The Hall–Kier alpha value is -0.760. The Morgan fingerprint density at radius 1 is 0.524 bits per heavy atom. The molecule has 3 heterocycles. The monoisotopic (exact) mass is 614 g/mol. The number of aliphatic hydroxyl groups excluding tert-OH is 7. The molecule has 19 atom stereocenters.